The first-order valence-electron chi connectivity index (χ1n) is 12.1. The highest BCUT2D eigenvalue weighted by Gasteiger charge is 2.31. The Bertz CT molecular complexity index is 1290. The van der Waals surface area contributed by atoms with Crippen LogP contribution in [0.5, 0.6) is 5.75 Å². The molecule has 4 aromatic rings. The van der Waals surface area contributed by atoms with Crippen molar-refractivity contribution in [2.24, 2.45) is 0 Å². The fourth-order valence-electron chi connectivity index (χ4n) is 3.95. The van der Waals surface area contributed by atoms with Crippen LogP contribution in [0, 0.1) is 12.7 Å². The maximum absolute atomic E-state index is 13.6. The number of hydrogen-bond acceptors (Lipinski definition) is 3. The molecule has 0 unspecified atom stereocenters. The van der Waals surface area contributed by atoms with E-state index in [1.165, 1.54) is 17.0 Å². The SMILES string of the molecule is Cc1ccc(CNC(=O)[C@@H](c2ccccc2)N(Cc2ccc(F)cc2)C(=O)COc2ccccc2)cc1. The van der Waals surface area contributed by atoms with Gasteiger partial charge in [0.05, 0.1) is 0 Å². The molecule has 0 aromatic heterocycles. The van der Waals surface area contributed by atoms with Crippen molar-refractivity contribution in [1.29, 1.82) is 0 Å². The highest BCUT2D eigenvalue weighted by molar-refractivity contribution is 5.89. The summed E-state index contributed by atoms with van der Waals surface area (Å²) in [5.74, 6) is -0.503. The molecule has 1 N–H and O–H groups in total. The normalized spacial score (nSPS) is 11.4. The van der Waals surface area contributed by atoms with Gasteiger partial charge in [-0.05, 0) is 47.9 Å². The van der Waals surface area contributed by atoms with Gasteiger partial charge in [-0.25, -0.2) is 4.39 Å². The third-order valence-corrected chi connectivity index (χ3v) is 5.95. The number of benzene rings is 4. The molecule has 6 heteroatoms. The quantitative estimate of drug-likeness (QED) is 0.311. The topological polar surface area (TPSA) is 58.6 Å². The zero-order valence-corrected chi connectivity index (χ0v) is 20.6. The van der Waals surface area contributed by atoms with Gasteiger partial charge in [-0.2, -0.15) is 0 Å². The Balaban J connectivity index is 1.62. The van der Waals surface area contributed by atoms with Crippen molar-refractivity contribution in [2.45, 2.75) is 26.1 Å². The molecule has 37 heavy (non-hydrogen) atoms. The number of amides is 2. The summed E-state index contributed by atoms with van der Waals surface area (Å²) in [4.78, 5) is 28.7. The Labute approximate surface area is 216 Å². The number of para-hydroxylation sites is 1. The van der Waals surface area contributed by atoms with Crippen LogP contribution in [0.1, 0.15) is 28.3 Å². The summed E-state index contributed by atoms with van der Waals surface area (Å²) < 4.78 is 19.3. The van der Waals surface area contributed by atoms with Gasteiger partial charge in [-0.15, -0.1) is 0 Å². The highest BCUT2D eigenvalue weighted by Crippen LogP contribution is 2.25. The van der Waals surface area contributed by atoms with Crippen molar-refractivity contribution in [1.82, 2.24) is 10.2 Å². The molecule has 0 aliphatic carbocycles. The molecule has 1 atom stereocenters. The van der Waals surface area contributed by atoms with Crippen molar-refractivity contribution in [3.8, 4) is 5.75 Å². The van der Waals surface area contributed by atoms with Crippen molar-refractivity contribution < 1.29 is 18.7 Å². The zero-order valence-electron chi connectivity index (χ0n) is 20.6. The number of aryl methyl sites for hydroxylation is 1. The molecule has 5 nitrogen and oxygen atoms in total. The van der Waals surface area contributed by atoms with Crippen molar-refractivity contribution in [3.63, 3.8) is 0 Å². The summed E-state index contributed by atoms with van der Waals surface area (Å²) >= 11 is 0. The van der Waals surface area contributed by atoms with E-state index in [1.807, 2.05) is 79.7 Å². The number of halogens is 1. The smallest absolute Gasteiger partial charge is 0.261 e. The van der Waals surface area contributed by atoms with Crippen LogP contribution in [0.2, 0.25) is 0 Å². The minimum Gasteiger partial charge on any atom is -0.484 e. The molecule has 2 amide bonds. The minimum atomic E-state index is -0.913. The molecule has 4 rings (SSSR count). The summed E-state index contributed by atoms with van der Waals surface area (Å²) in [5.41, 5.74) is 3.45. The predicted octanol–water partition coefficient (Wildman–Crippen LogP) is 5.60. The third-order valence-electron chi connectivity index (χ3n) is 5.95. The third kappa shape index (κ3) is 7.27. The molecule has 0 bridgehead atoms. The molecular formula is C31H29FN2O3. The second kappa shape index (κ2) is 12.5. The second-order valence-corrected chi connectivity index (χ2v) is 8.77. The number of carbonyl (C=O) groups excluding carboxylic acids is 2. The molecule has 0 radical (unpaired) electrons. The van der Waals surface area contributed by atoms with Crippen LogP contribution in [-0.2, 0) is 22.7 Å². The first-order valence-corrected chi connectivity index (χ1v) is 12.1. The van der Waals surface area contributed by atoms with Crippen LogP contribution in [0.3, 0.4) is 0 Å². The van der Waals surface area contributed by atoms with E-state index < -0.39 is 6.04 Å². The average molecular weight is 497 g/mol. The van der Waals surface area contributed by atoms with Crippen LogP contribution in [0.15, 0.2) is 109 Å². The zero-order chi connectivity index (χ0) is 26.0. The minimum absolute atomic E-state index is 0.106. The van der Waals surface area contributed by atoms with Crippen molar-refractivity contribution >= 4 is 11.8 Å². The fraction of sp³-hybridized carbons (Fsp3) is 0.161. The standard InChI is InChI=1S/C31H29FN2O3/c1-23-12-14-24(15-13-23)20-33-31(36)30(26-8-4-2-5-9-26)34(21-25-16-18-27(32)19-17-25)29(35)22-37-28-10-6-3-7-11-28/h2-19,30H,20-22H2,1H3,(H,33,36)/t30-/m1/s1. The van der Waals surface area contributed by atoms with Crippen molar-refractivity contribution in [3.05, 3.63) is 137 Å². The van der Waals surface area contributed by atoms with Crippen LogP contribution in [-0.4, -0.2) is 23.3 Å². The second-order valence-electron chi connectivity index (χ2n) is 8.77. The molecule has 0 fully saturated rings. The summed E-state index contributed by atoms with van der Waals surface area (Å²) in [6.45, 7) is 2.18. The van der Waals surface area contributed by atoms with E-state index >= 15 is 0 Å². The number of rotatable bonds is 10. The van der Waals surface area contributed by atoms with Gasteiger partial charge in [0.15, 0.2) is 6.61 Å². The van der Waals surface area contributed by atoms with Crippen molar-refractivity contribution in [2.75, 3.05) is 6.61 Å². The Morgan fingerprint density at radius 1 is 0.811 bits per heavy atom. The van der Waals surface area contributed by atoms with E-state index in [2.05, 4.69) is 5.32 Å². The predicted molar refractivity (Wildman–Crippen MR) is 141 cm³/mol. The van der Waals surface area contributed by atoms with E-state index in [0.717, 1.165) is 11.1 Å². The van der Waals surface area contributed by atoms with Gasteiger partial charge >= 0.3 is 0 Å². The van der Waals surface area contributed by atoms with E-state index in [1.54, 1.807) is 24.3 Å². The lowest BCUT2D eigenvalue weighted by Gasteiger charge is -2.31. The number of ether oxygens (including phenoxy) is 1. The van der Waals surface area contributed by atoms with E-state index in [0.29, 0.717) is 23.4 Å². The molecule has 4 aromatic carbocycles. The number of nitrogens with one attached hydrogen (secondary N) is 1. The summed E-state index contributed by atoms with van der Waals surface area (Å²) in [5, 5.41) is 2.99. The number of carbonyl (C=O) groups is 2. The molecule has 0 heterocycles. The Morgan fingerprint density at radius 2 is 1.41 bits per heavy atom. The van der Waals surface area contributed by atoms with Gasteiger partial charge in [-0.1, -0.05) is 90.5 Å². The lowest BCUT2D eigenvalue weighted by Crippen LogP contribution is -2.45. The Morgan fingerprint density at radius 3 is 2.05 bits per heavy atom. The average Bonchev–Trinajstić information content (AvgIpc) is 2.93. The number of nitrogens with zero attached hydrogens (tertiary/aromatic N) is 1. The van der Waals surface area contributed by atoms with Gasteiger partial charge in [0.1, 0.15) is 17.6 Å². The summed E-state index contributed by atoms with van der Waals surface area (Å²) in [6.07, 6.45) is 0. The van der Waals surface area contributed by atoms with Crippen LogP contribution in [0.25, 0.3) is 0 Å². The highest BCUT2D eigenvalue weighted by atomic mass is 19.1. The molecule has 0 aliphatic rings. The number of hydrogen-bond donors (Lipinski definition) is 1. The van der Waals surface area contributed by atoms with Gasteiger partial charge in [0, 0.05) is 13.1 Å². The van der Waals surface area contributed by atoms with Crippen LogP contribution >= 0.6 is 0 Å². The largest absolute Gasteiger partial charge is 0.484 e. The molecule has 0 saturated carbocycles. The van der Waals surface area contributed by atoms with Gasteiger partial charge in [-0.3, -0.25) is 9.59 Å². The van der Waals surface area contributed by atoms with Crippen LogP contribution < -0.4 is 10.1 Å². The maximum atomic E-state index is 13.6. The first kappa shape index (κ1) is 25.6. The molecule has 0 spiro atoms. The van der Waals surface area contributed by atoms with Gasteiger partial charge < -0.3 is 15.0 Å². The molecular weight excluding hydrogens is 467 g/mol. The first-order chi connectivity index (χ1) is 18.0. The monoisotopic (exact) mass is 496 g/mol. The molecule has 0 aliphatic heterocycles. The van der Waals surface area contributed by atoms with E-state index in [-0.39, 0.29) is 30.8 Å². The van der Waals surface area contributed by atoms with Gasteiger partial charge in [0.2, 0.25) is 5.91 Å². The van der Waals surface area contributed by atoms with Crippen LogP contribution in [0.4, 0.5) is 4.39 Å². The summed E-state index contributed by atoms with van der Waals surface area (Å²) in [6, 6.07) is 31.1. The maximum Gasteiger partial charge on any atom is 0.261 e. The van der Waals surface area contributed by atoms with E-state index in [9.17, 15) is 14.0 Å². The molecule has 0 saturated heterocycles. The van der Waals surface area contributed by atoms with Gasteiger partial charge in [0.25, 0.3) is 5.91 Å². The Kier molecular flexibility index (Phi) is 8.66. The lowest BCUT2D eigenvalue weighted by atomic mass is 10.0. The lowest BCUT2D eigenvalue weighted by molar-refractivity contribution is -0.143. The summed E-state index contributed by atoms with van der Waals surface area (Å²) in [7, 11) is 0. The Hall–Kier alpha value is -4.45. The molecule has 188 valence electrons. The fourth-order valence-corrected chi connectivity index (χ4v) is 3.95. The van der Waals surface area contributed by atoms with E-state index in [4.69, 9.17) is 4.74 Å².